The van der Waals surface area contributed by atoms with Gasteiger partial charge in [0.15, 0.2) is 5.83 Å². The average molecular weight is 523 g/mol. The van der Waals surface area contributed by atoms with Crippen LogP contribution in [0.15, 0.2) is 49.2 Å². The van der Waals surface area contributed by atoms with E-state index in [2.05, 4.69) is 27.0 Å². The number of carbonyl (C=O) groups is 2. The minimum absolute atomic E-state index is 0.0302. The molecule has 13 heteroatoms. The molecule has 0 spiro atoms. The lowest BCUT2D eigenvalue weighted by molar-refractivity contribution is -0.116. The molecule has 2 aromatic heterocycles. The van der Waals surface area contributed by atoms with E-state index >= 15 is 0 Å². The molecule has 0 aliphatic carbocycles. The number of rotatable bonds is 7. The molecule has 2 N–H and O–H groups in total. The number of amides is 3. The van der Waals surface area contributed by atoms with E-state index in [1.807, 2.05) is 6.07 Å². The molecule has 0 saturated carbocycles. The predicted molar refractivity (Wildman–Crippen MR) is 137 cm³/mol. The summed E-state index contributed by atoms with van der Waals surface area (Å²) in [6.45, 7) is 3.92. The van der Waals surface area contributed by atoms with Gasteiger partial charge in [-0.15, -0.1) is 0 Å². The first-order valence-electron chi connectivity index (χ1n) is 12.0. The van der Waals surface area contributed by atoms with E-state index in [-0.39, 0.29) is 25.7 Å². The molecule has 0 unspecified atom stereocenters. The van der Waals surface area contributed by atoms with Crippen LogP contribution in [0.4, 0.5) is 32.3 Å². The maximum absolute atomic E-state index is 13.8. The Morgan fingerprint density at radius 3 is 2.89 bits per heavy atom. The van der Waals surface area contributed by atoms with Crippen LogP contribution in [-0.4, -0.2) is 69.0 Å². The van der Waals surface area contributed by atoms with E-state index in [1.54, 1.807) is 47.4 Å². The van der Waals surface area contributed by atoms with Crippen LogP contribution < -0.4 is 19.9 Å². The van der Waals surface area contributed by atoms with E-state index in [0.29, 0.717) is 47.4 Å². The summed E-state index contributed by atoms with van der Waals surface area (Å²) in [6.07, 6.45) is 5.37. The second-order valence-electron chi connectivity index (χ2n) is 8.92. The van der Waals surface area contributed by atoms with Gasteiger partial charge >= 0.3 is 6.03 Å². The maximum Gasteiger partial charge on any atom is 0.326 e. The van der Waals surface area contributed by atoms with Crippen molar-refractivity contribution in [2.75, 3.05) is 42.4 Å². The summed E-state index contributed by atoms with van der Waals surface area (Å²) in [4.78, 5) is 39.5. The predicted octanol–water partition coefficient (Wildman–Crippen LogP) is 2.75. The van der Waals surface area contributed by atoms with Crippen LogP contribution in [0.1, 0.15) is 23.6 Å². The molecule has 198 valence electrons. The Kier molecular flexibility index (Phi) is 6.68. The smallest absolute Gasteiger partial charge is 0.326 e. The average Bonchev–Trinajstić information content (AvgIpc) is 3.36. The third kappa shape index (κ3) is 4.41. The Bertz CT molecular complexity index is 1410. The summed E-state index contributed by atoms with van der Waals surface area (Å²) in [5.41, 5.74) is 2.49. The number of ether oxygens (including phenoxy) is 1. The van der Waals surface area contributed by atoms with Crippen LogP contribution in [-0.2, 0) is 17.9 Å². The van der Waals surface area contributed by atoms with Gasteiger partial charge in [0.25, 0.3) is 5.91 Å². The molecule has 4 heterocycles. The van der Waals surface area contributed by atoms with E-state index in [4.69, 9.17) is 9.84 Å². The maximum atomic E-state index is 13.8. The number of nitrogens with one attached hydrogen (secondary N) is 1. The van der Waals surface area contributed by atoms with Crippen molar-refractivity contribution in [3.63, 3.8) is 0 Å². The van der Waals surface area contributed by atoms with Gasteiger partial charge in [0.2, 0.25) is 5.95 Å². The largest absolute Gasteiger partial charge is 0.495 e. The number of hydrogen-bond donors (Lipinski definition) is 2. The summed E-state index contributed by atoms with van der Waals surface area (Å²) >= 11 is 0. The van der Waals surface area contributed by atoms with Gasteiger partial charge in [-0.1, -0.05) is 18.7 Å². The Labute approximate surface area is 217 Å². The molecule has 2 aliphatic heterocycles. The minimum atomic E-state index is -1.06. The topological polar surface area (TPSA) is 129 Å². The lowest BCUT2D eigenvalue weighted by Crippen LogP contribution is -2.49. The lowest BCUT2D eigenvalue weighted by Gasteiger charge is -2.43. The highest BCUT2D eigenvalue weighted by atomic mass is 19.1. The van der Waals surface area contributed by atoms with Crippen LogP contribution in [0.5, 0.6) is 5.75 Å². The van der Waals surface area contributed by atoms with E-state index in [0.717, 1.165) is 5.56 Å². The monoisotopic (exact) mass is 522 g/mol. The number of fused-ring (bicyclic) bond motifs is 2. The molecule has 0 radical (unpaired) electrons. The van der Waals surface area contributed by atoms with Crippen LogP contribution in [0.3, 0.4) is 0 Å². The van der Waals surface area contributed by atoms with Gasteiger partial charge in [-0.3, -0.25) is 14.4 Å². The zero-order valence-electron chi connectivity index (χ0n) is 21.0. The molecule has 0 bridgehead atoms. The van der Waals surface area contributed by atoms with Crippen LogP contribution in [0.25, 0.3) is 0 Å². The highest BCUT2D eigenvalue weighted by Crippen LogP contribution is 2.45. The number of nitrogens with zero attached hydrogens (tertiary/aromatic N) is 7. The second kappa shape index (κ2) is 10.1. The van der Waals surface area contributed by atoms with E-state index in [1.165, 1.54) is 16.9 Å². The summed E-state index contributed by atoms with van der Waals surface area (Å²) < 4.78 is 20.9. The van der Waals surface area contributed by atoms with Gasteiger partial charge in [-0.25, -0.2) is 14.2 Å². The Morgan fingerprint density at radius 1 is 1.34 bits per heavy atom. The Morgan fingerprint density at radius 2 is 2.16 bits per heavy atom. The number of carbonyl (C=O) groups excluding carboxylic acids is 2. The van der Waals surface area contributed by atoms with Gasteiger partial charge in [-0.2, -0.15) is 10.1 Å². The summed E-state index contributed by atoms with van der Waals surface area (Å²) in [7, 11) is 3.12. The van der Waals surface area contributed by atoms with Crippen molar-refractivity contribution in [2.24, 2.45) is 0 Å². The number of aliphatic hydroxyl groups excluding tert-OH is 1. The van der Waals surface area contributed by atoms with Gasteiger partial charge in [-0.05, 0) is 12.5 Å². The minimum Gasteiger partial charge on any atom is -0.495 e. The third-order valence-corrected chi connectivity index (χ3v) is 6.61. The van der Waals surface area contributed by atoms with Crippen molar-refractivity contribution in [1.29, 1.82) is 0 Å². The number of aliphatic hydroxyl groups is 1. The number of aromatic nitrogens is 4. The Hall–Kier alpha value is -4.52. The van der Waals surface area contributed by atoms with Crippen molar-refractivity contribution in [1.82, 2.24) is 24.6 Å². The molecular weight excluding hydrogens is 495 g/mol. The molecule has 2 aliphatic rings. The van der Waals surface area contributed by atoms with Crippen molar-refractivity contribution in [3.05, 3.63) is 60.3 Å². The fourth-order valence-corrected chi connectivity index (χ4v) is 4.87. The lowest BCUT2D eigenvalue weighted by atomic mass is 9.93. The number of para-hydroxylation sites is 1. The first-order valence-corrected chi connectivity index (χ1v) is 12.0. The SMILES string of the molecule is C=C(F)C(=O)N1CC[C@H](N2Cc3cnc(Nc4cnn(CCO)c4)nc3N(C)C2=O)c2cccc(OC)c21. The molecule has 0 saturated heterocycles. The summed E-state index contributed by atoms with van der Waals surface area (Å²) in [5, 5.41) is 16.3. The number of halogens is 1. The molecule has 1 atom stereocenters. The van der Waals surface area contributed by atoms with Crippen LogP contribution in [0.2, 0.25) is 0 Å². The first kappa shape index (κ1) is 25.1. The molecular formula is C25H27FN8O4. The summed E-state index contributed by atoms with van der Waals surface area (Å²) in [5.74, 6) is -0.726. The van der Waals surface area contributed by atoms with E-state index in [9.17, 15) is 14.0 Å². The number of urea groups is 1. The first-order chi connectivity index (χ1) is 18.3. The zero-order chi connectivity index (χ0) is 27.0. The fraction of sp³-hybridized carbons (Fsp3) is 0.320. The van der Waals surface area contributed by atoms with Crippen LogP contribution in [0, 0.1) is 0 Å². The Balaban J connectivity index is 1.44. The standard InChI is InChI=1S/C25H27FN8O4/c1-15(26)23(36)33-8-7-19(18-5-4-6-20(38-3)21(18)33)34-13-16-11-27-24(30-22(16)31(2)25(34)37)29-17-12-28-32(14-17)9-10-35/h4-6,11-12,14,19,35H,1,7-10,13H2,2-3H3,(H,27,29,30)/t19-/m0/s1. The van der Waals surface area contributed by atoms with Gasteiger partial charge < -0.3 is 25.0 Å². The number of hydrogen-bond acceptors (Lipinski definition) is 8. The normalized spacial score (nSPS) is 16.7. The van der Waals surface area contributed by atoms with E-state index < -0.39 is 17.8 Å². The molecule has 0 fully saturated rings. The second-order valence-corrected chi connectivity index (χ2v) is 8.92. The fourth-order valence-electron chi connectivity index (χ4n) is 4.87. The number of benzene rings is 1. The van der Waals surface area contributed by atoms with Crippen molar-refractivity contribution in [3.8, 4) is 5.75 Å². The van der Waals surface area contributed by atoms with Crippen molar-refractivity contribution < 1.29 is 23.8 Å². The molecule has 5 rings (SSSR count). The van der Waals surface area contributed by atoms with Gasteiger partial charge in [0.05, 0.1) is 50.4 Å². The van der Waals surface area contributed by atoms with Crippen molar-refractivity contribution in [2.45, 2.75) is 25.6 Å². The summed E-state index contributed by atoms with van der Waals surface area (Å²) in [6, 6.07) is 4.62. The van der Waals surface area contributed by atoms with Gasteiger partial charge in [0.1, 0.15) is 11.6 Å². The highest BCUT2D eigenvalue weighted by molar-refractivity contribution is 6.05. The van der Waals surface area contributed by atoms with Crippen molar-refractivity contribution >= 4 is 35.1 Å². The number of methoxy groups -OCH3 is 1. The third-order valence-electron chi connectivity index (χ3n) is 6.61. The number of anilines is 4. The molecule has 12 nitrogen and oxygen atoms in total. The quantitative estimate of drug-likeness (QED) is 0.454. The zero-order valence-corrected chi connectivity index (χ0v) is 21.0. The van der Waals surface area contributed by atoms with Crippen LogP contribution >= 0.6 is 0 Å². The van der Waals surface area contributed by atoms with Gasteiger partial charge in [0, 0.05) is 37.1 Å². The highest BCUT2D eigenvalue weighted by Gasteiger charge is 2.40. The molecule has 3 amide bonds. The molecule has 38 heavy (non-hydrogen) atoms. The molecule has 1 aromatic carbocycles. The molecule has 3 aromatic rings.